The van der Waals surface area contributed by atoms with Crippen molar-refractivity contribution in [1.82, 2.24) is 19.4 Å². The smallest absolute Gasteiger partial charge is 0.406 e. The number of hydrogen-bond acceptors (Lipinski definition) is 7. The van der Waals surface area contributed by atoms with E-state index in [0.29, 0.717) is 67.6 Å². The minimum atomic E-state index is -4.78. The maximum absolute atomic E-state index is 13.5. The van der Waals surface area contributed by atoms with E-state index in [-0.39, 0.29) is 35.6 Å². The van der Waals surface area contributed by atoms with Crippen LogP contribution in [-0.2, 0) is 18.3 Å². The Balaban J connectivity index is 1.18. The van der Waals surface area contributed by atoms with Crippen LogP contribution in [0.3, 0.4) is 0 Å². The summed E-state index contributed by atoms with van der Waals surface area (Å²) in [5.41, 5.74) is 4.15. The summed E-state index contributed by atoms with van der Waals surface area (Å²) in [4.78, 5) is 49.0. The zero-order chi connectivity index (χ0) is 34.0. The number of aromatic nitrogens is 2. The van der Waals surface area contributed by atoms with Crippen LogP contribution >= 0.6 is 0 Å². The van der Waals surface area contributed by atoms with E-state index < -0.39 is 6.36 Å². The van der Waals surface area contributed by atoms with Crippen LogP contribution in [0.4, 0.5) is 35.2 Å². The number of halogens is 3. The van der Waals surface area contributed by atoms with Gasteiger partial charge in [0.1, 0.15) is 5.75 Å². The average molecular weight is 663 g/mol. The lowest BCUT2D eigenvalue weighted by molar-refractivity contribution is -0.274. The van der Waals surface area contributed by atoms with Gasteiger partial charge in [0, 0.05) is 68.5 Å². The van der Waals surface area contributed by atoms with Crippen molar-refractivity contribution in [3.63, 3.8) is 0 Å². The summed E-state index contributed by atoms with van der Waals surface area (Å²) in [6.45, 7) is 5.04. The second kappa shape index (κ2) is 13.4. The third-order valence-corrected chi connectivity index (χ3v) is 8.26. The van der Waals surface area contributed by atoms with Crippen LogP contribution in [0.2, 0.25) is 0 Å². The number of ether oxygens (including phenoxy) is 2. The van der Waals surface area contributed by atoms with Crippen molar-refractivity contribution >= 4 is 29.1 Å². The molecular formula is C34H33F3N6O5. The van der Waals surface area contributed by atoms with Crippen molar-refractivity contribution in [3.8, 4) is 17.0 Å². The van der Waals surface area contributed by atoms with Crippen LogP contribution in [0, 0.1) is 6.92 Å². The number of benzene rings is 3. The molecule has 0 bridgehead atoms. The second-order valence-corrected chi connectivity index (χ2v) is 11.5. The van der Waals surface area contributed by atoms with E-state index in [0.717, 1.165) is 11.1 Å². The minimum Gasteiger partial charge on any atom is -0.406 e. The highest BCUT2D eigenvalue weighted by atomic mass is 19.4. The predicted molar refractivity (Wildman–Crippen MR) is 172 cm³/mol. The van der Waals surface area contributed by atoms with E-state index in [1.807, 2.05) is 25.1 Å². The number of amides is 3. The molecule has 48 heavy (non-hydrogen) atoms. The number of alkyl halides is 3. The summed E-state index contributed by atoms with van der Waals surface area (Å²) in [7, 11) is 1.63. The standard InChI is InChI=1S/C34H33F3N6O5/c1-22-27(4-3-5-29(22)43-15-14-42(33(43)46)20-23-6-12-26(13-7-23)48-34(35,36)37)28-21-40(2)32(45)30(39-28)38-25-10-8-24(9-11-25)31(44)41-16-18-47-19-17-41/h3-13,21H,14-20H2,1-2H3,(H,38,39). The third kappa shape index (κ3) is 7.13. The van der Waals surface area contributed by atoms with Gasteiger partial charge >= 0.3 is 12.4 Å². The molecular weight excluding hydrogens is 629 g/mol. The highest BCUT2D eigenvalue weighted by Crippen LogP contribution is 2.33. The molecule has 4 aromatic rings. The van der Waals surface area contributed by atoms with Gasteiger partial charge in [-0.05, 0) is 60.5 Å². The largest absolute Gasteiger partial charge is 0.573 e. The molecule has 0 aliphatic carbocycles. The zero-order valence-corrected chi connectivity index (χ0v) is 26.3. The molecule has 250 valence electrons. The van der Waals surface area contributed by atoms with E-state index in [4.69, 9.17) is 4.74 Å². The summed E-state index contributed by atoms with van der Waals surface area (Å²) in [5.74, 6) is -0.307. The molecule has 3 heterocycles. The number of carbonyl (C=O) groups excluding carboxylic acids is 2. The van der Waals surface area contributed by atoms with Crippen molar-refractivity contribution in [2.45, 2.75) is 19.8 Å². The molecule has 0 spiro atoms. The van der Waals surface area contributed by atoms with Crippen molar-refractivity contribution in [2.75, 3.05) is 49.6 Å². The molecule has 3 amide bonds. The van der Waals surface area contributed by atoms with Gasteiger partial charge in [0.25, 0.3) is 11.5 Å². The lowest BCUT2D eigenvalue weighted by Crippen LogP contribution is -2.40. The fourth-order valence-electron chi connectivity index (χ4n) is 5.76. The Bertz CT molecular complexity index is 1870. The molecule has 0 unspecified atom stereocenters. The Hall–Kier alpha value is -5.37. The number of urea groups is 1. The first kappa shape index (κ1) is 32.6. The van der Waals surface area contributed by atoms with Crippen LogP contribution in [0.25, 0.3) is 11.3 Å². The quantitative estimate of drug-likeness (QED) is 0.272. The number of anilines is 3. The molecule has 2 aliphatic rings. The lowest BCUT2D eigenvalue weighted by Gasteiger charge is -2.26. The summed E-state index contributed by atoms with van der Waals surface area (Å²) >= 11 is 0. The first-order valence-corrected chi connectivity index (χ1v) is 15.3. The van der Waals surface area contributed by atoms with Crippen LogP contribution in [-0.4, -0.2) is 77.0 Å². The molecule has 2 saturated heterocycles. The van der Waals surface area contributed by atoms with Gasteiger partial charge in [-0.3, -0.25) is 14.5 Å². The average Bonchev–Trinajstić information content (AvgIpc) is 3.42. The number of rotatable bonds is 8. The fourth-order valence-corrected chi connectivity index (χ4v) is 5.76. The van der Waals surface area contributed by atoms with Crippen molar-refractivity contribution in [3.05, 3.63) is 100.0 Å². The maximum Gasteiger partial charge on any atom is 0.573 e. The summed E-state index contributed by atoms with van der Waals surface area (Å²) in [6.07, 6.45) is -3.15. The van der Waals surface area contributed by atoms with E-state index in [1.165, 1.54) is 28.8 Å². The number of nitrogens with zero attached hydrogens (tertiary/aromatic N) is 5. The molecule has 11 nitrogen and oxygen atoms in total. The Morgan fingerprint density at radius 1 is 0.958 bits per heavy atom. The highest BCUT2D eigenvalue weighted by molar-refractivity contribution is 5.96. The van der Waals surface area contributed by atoms with Crippen molar-refractivity contribution in [2.24, 2.45) is 7.05 Å². The van der Waals surface area contributed by atoms with Gasteiger partial charge in [0.05, 0.1) is 18.9 Å². The van der Waals surface area contributed by atoms with Gasteiger partial charge in [-0.25, -0.2) is 9.78 Å². The van der Waals surface area contributed by atoms with E-state index in [2.05, 4.69) is 15.0 Å². The Morgan fingerprint density at radius 3 is 2.35 bits per heavy atom. The number of hydrogen-bond donors (Lipinski definition) is 1. The number of nitrogens with one attached hydrogen (secondary N) is 1. The fraction of sp³-hybridized carbons (Fsp3) is 0.294. The SMILES string of the molecule is Cc1c(-c2cn(C)c(=O)c(Nc3ccc(C(=O)N4CCOCC4)cc3)n2)cccc1N1CCN(Cc2ccc(OC(F)(F)F)cc2)C1=O. The Kier molecular flexibility index (Phi) is 9.09. The lowest BCUT2D eigenvalue weighted by atomic mass is 10.0. The molecule has 2 fully saturated rings. The summed E-state index contributed by atoms with van der Waals surface area (Å²) in [5, 5.41) is 3.08. The molecule has 1 aromatic heterocycles. The summed E-state index contributed by atoms with van der Waals surface area (Å²) < 4.78 is 48.2. The normalized spacial score (nSPS) is 15.2. The molecule has 3 aromatic carbocycles. The third-order valence-electron chi connectivity index (χ3n) is 8.26. The molecule has 0 radical (unpaired) electrons. The second-order valence-electron chi connectivity index (χ2n) is 11.5. The number of aryl methyl sites for hydroxylation is 1. The maximum atomic E-state index is 13.5. The van der Waals surface area contributed by atoms with Gasteiger partial charge in [-0.2, -0.15) is 0 Å². The van der Waals surface area contributed by atoms with Crippen LogP contribution < -0.4 is 20.5 Å². The summed E-state index contributed by atoms with van der Waals surface area (Å²) in [6, 6.07) is 17.6. The van der Waals surface area contributed by atoms with Gasteiger partial charge in [0.15, 0.2) is 5.82 Å². The molecule has 0 atom stereocenters. The van der Waals surface area contributed by atoms with Crippen LogP contribution in [0.15, 0.2) is 77.7 Å². The van der Waals surface area contributed by atoms with Crippen LogP contribution in [0.1, 0.15) is 21.5 Å². The van der Waals surface area contributed by atoms with Gasteiger partial charge < -0.3 is 29.2 Å². The molecule has 1 N–H and O–H groups in total. The molecule has 6 rings (SSSR count). The first-order chi connectivity index (χ1) is 23.0. The van der Waals surface area contributed by atoms with Crippen LogP contribution in [0.5, 0.6) is 5.75 Å². The Labute approximate surface area is 274 Å². The first-order valence-electron chi connectivity index (χ1n) is 15.3. The Morgan fingerprint density at radius 2 is 1.67 bits per heavy atom. The number of morpholine rings is 1. The number of carbonyl (C=O) groups is 2. The molecule has 2 aliphatic heterocycles. The highest BCUT2D eigenvalue weighted by Gasteiger charge is 2.32. The predicted octanol–water partition coefficient (Wildman–Crippen LogP) is 5.31. The topological polar surface area (TPSA) is 109 Å². The van der Waals surface area contributed by atoms with E-state index in [9.17, 15) is 27.6 Å². The van der Waals surface area contributed by atoms with Gasteiger partial charge in [-0.15, -0.1) is 13.2 Å². The van der Waals surface area contributed by atoms with Crippen molar-refractivity contribution in [1.29, 1.82) is 0 Å². The minimum absolute atomic E-state index is 0.0792. The molecule has 0 saturated carbocycles. The van der Waals surface area contributed by atoms with Gasteiger partial charge in [-0.1, -0.05) is 24.3 Å². The van der Waals surface area contributed by atoms with Crippen molar-refractivity contribution < 1.29 is 32.2 Å². The monoisotopic (exact) mass is 662 g/mol. The zero-order valence-electron chi connectivity index (χ0n) is 26.3. The van der Waals surface area contributed by atoms with Gasteiger partial charge in [0.2, 0.25) is 0 Å². The van der Waals surface area contributed by atoms with E-state index >= 15 is 0 Å². The molecule has 14 heteroatoms. The van der Waals surface area contributed by atoms with E-state index in [1.54, 1.807) is 52.2 Å².